The number of anilines is 1. The number of hydrogen-bond donors (Lipinski definition) is 1. The SMILES string of the molecule is Cn1nnnc1-c1ccc(N(C#N)C(N)=N[C@@H]2CCCC[C@H]2C(=O)N2CCC[C@@H](Cc3ccc(F)cc3)C2)cc1. The Morgan fingerprint density at radius 2 is 1.88 bits per heavy atom. The first kappa shape index (κ1) is 27.2. The summed E-state index contributed by atoms with van der Waals surface area (Å²) in [5, 5.41) is 21.4. The Morgan fingerprint density at radius 1 is 1.12 bits per heavy atom. The Hall–Kier alpha value is -4.33. The first-order chi connectivity index (χ1) is 19.4. The zero-order chi connectivity index (χ0) is 28.1. The van der Waals surface area contributed by atoms with Crippen LogP contribution in [0.25, 0.3) is 11.4 Å². The summed E-state index contributed by atoms with van der Waals surface area (Å²) in [7, 11) is 1.76. The van der Waals surface area contributed by atoms with E-state index in [-0.39, 0.29) is 29.6 Å². The number of nitrogens with zero attached hydrogens (tertiary/aromatic N) is 8. The molecule has 0 bridgehead atoms. The molecule has 5 rings (SSSR count). The van der Waals surface area contributed by atoms with E-state index in [0.29, 0.717) is 24.0 Å². The molecule has 2 N–H and O–H groups in total. The van der Waals surface area contributed by atoms with Crippen molar-refractivity contribution in [2.45, 2.75) is 51.0 Å². The van der Waals surface area contributed by atoms with Crippen molar-refractivity contribution in [1.82, 2.24) is 25.1 Å². The molecule has 1 aromatic heterocycles. The summed E-state index contributed by atoms with van der Waals surface area (Å²) in [6.07, 6.45) is 8.38. The molecule has 1 saturated carbocycles. The number of amides is 1. The summed E-state index contributed by atoms with van der Waals surface area (Å²) >= 11 is 0. The molecule has 208 valence electrons. The molecule has 11 heteroatoms. The molecule has 1 aliphatic heterocycles. The van der Waals surface area contributed by atoms with Gasteiger partial charge in [0.2, 0.25) is 11.9 Å². The monoisotopic (exact) mass is 543 g/mol. The normalized spacial score (nSPS) is 21.6. The van der Waals surface area contributed by atoms with E-state index in [1.54, 1.807) is 23.9 Å². The molecule has 40 heavy (non-hydrogen) atoms. The zero-order valence-corrected chi connectivity index (χ0v) is 22.7. The summed E-state index contributed by atoms with van der Waals surface area (Å²) in [6, 6.07) is 13.5. The van der Waals surface area contributed by atoms with E-state index in [0.717, 1.165) is 62.6 Å². The molecular weight excluding hydrogens is 509 g/mol. The smallest absolute Gasteiger partial charge is 0.227 e. The largest absolute Gasteiger partial charge is 0.369 e. The average molecular weight is 544 g/mol. The first-order valence-electron chi connectivity index (χ1n) is 13.8. The molecule has 3 atom stereocenters. The maximum atomic E-state index is 13.7. The quantitative estimate of drug-likeness (QED) is 0.217. The highest BCUT2D eigenvalue weighted by Gasteiger charge is 2.36. The third-order valence-electron chi connectivity index (χ3n) is 7.95. The fourth-order valence-corrected chi connectivity index (χ4v) is 5.88. The molecule has 2 fully saturated rings. The van der Waals surface area contributed by atoms with Crippen molar-refractivity contribution < 1.29 is 9.18 Å². The summed E-state index contributed by atoms with van der Waals surface area (Å²) in [6.45, 7) is 1.43. The lowest BCUT2D eigenvalue weighted by Crippen LogP contribution is -2.47. The number of likely N-dealkylation sites (tertiary alicyclic amines) is 1. The van der Waals surface area contributed by atoms with Gasteiger partial charge < -0.3 is 10.6 Å². The zero-order valence-electron chi connectivity index (χ0n) is 22.7. The Labute approximate surface area is 233 Å². The van der Waals surface area contributed by atoms with Crippen LogP contribution in [0.15, 0.2) is 53.5 Å². The van der Waals surface area contributed by atoms with Gasteiger partial charge in [-0.1, -0.05) is 25.0 Å². The van der Waals surface area contributed by atoms with Crippen LogP contribution in [0.1, 0.15) is 44.1 Å². The van der Waals surface area contributed by atoms with Gasteiger partial charge in [0.15, 0.2) is 12.0 Å². The molecule has 1 amide bonds. The summed E-state index contributed by atoms with van der Waals surface area (Å²) in [5.41, 5.74) is 8.84. The second kappa shape index (κ2) is 12.2. The number of carbonyl (C=O) groups excluding carboxylic acids is 1. The number of nitrogens with two attached hydrogens (primary N) is 1. The van der Waals surface area contributed by atoms with E-state index in [9.17, 15) is 14.4 Å². The third-order valence-corrected chi connectivity index (χ3v) is 7.95. The Kier molecular flexibility index (Phi) is 8.34. The van der Waals surface area contributed by atoms with Crippen LogP contribution in [0.3, 0.4) is 0 Å². The first-order valence-corrected chi connectivity index (χ1v) is 13.8. The van der Waals surface area contributed by atoms with Crippen LogP contribution in [-0.2, 0) is 18.3 Å². The maximum absolute atomic E-state index is 13.7. The minimum absolute atomic E-state index is 0.0769. The molecule has 10 nitrogen and oxygen atoms in total. The summed E-state index contributed by atoms with van der Waals surface area (Å²) < 4.78 is 14.9. The lowest BCUT2D eigenvalue weighted by atomic mass is 9.82. The second-order valence-electron chi connectivity index (χ2n) is 10.7. The Bertz CT molecular complexity index is 1380. The molecule has 0 unspecified atom stereocenters. The number of aryl methyl sites for hydroxylation is 1. The molecule has 0 spiro atoms. The van der Waals surface area contributed by atoms with E-state index < -0.39 is 0 Å². The van der Waals surface area contributed by atoms with E-state index >= 15 is 0 Å². The third kappa shape index (κ3) is 6.11. The number of aliphatic imine (C=N–C) groups is 1. The van der Waals surface area contributed by atoms with Gasteiger partial charge in [0.05, 0.1) is 17.6 Å². The van der Waals surface area contributed by atoms with Crippen molar-refractivity contribution in [3.05, 3.63) is 59.9 Å². The predicted molar refractivity (Wildman–Crippen MR) is 149 cm³/mol. The number of rotatable bonds is 6. The van der Waals surface area contributed by atoms with Crippen LogP contribution in [-0.4, -0.2) is 56.1 Å². The van der Waals surface area contributed by atoms with Crippen LogP contribution in [0, 0.1) is 29.1 Å². The van der Waals surface area contributed by atoms with Crippen LogP contribution in [0.5, 0.6) is 0 Å². The number of nitriles is 1. The number of guanidine groups is 1. The number of benzene rings is 2. The van der Waals surface area contributed by atoms with Crippen LogP contribution >= 0.6 is 0 Å². The molecule has 2 aromatic carbocycles. The lowest BCUT2D eigenvalue weighted by Gasteiger charge is -2.38. The maximum Gasteiger partial charge on any atom is 0.227 e. The number of piperidine rings is 1. The van der Waals surface area contributed by atoms with E-state index in [4.69, 9.17) is 10.7 Å². The number of halogens is 1. The highest BCUT2D eigenvalue weighted by molar-refractivity contribution is 5.97. The van der Waals surface area contributed by atoms with Crippen LogP contribution < -0.4 is 10.6 Å². The molecule has 1 saturated heterocycles. The fourth-order valence-electron chi connectivity index (χ4n) is 5.88. The Morgan fingerprint density at radius 3 is 2.58 bits per heavy atom. The van der Waals surface area contributed by atoms with Crippen LogP contribution in [0.2, 0.25) is 0 Å². The highest BCUT2D eigenvalue weighted by atomic mass is 19.1. The molecule has 0 radical (unpaired) electrons. The van der Waals surface area contributed by atoms with Crippen molar-refractivity contribution in [3.63, 3.8) is 0 Å². The molecular formula is C29H34FN9O. The molecule has 3 aromatic rings. The Balaban J connectivity index is 1.27. The minimum Gasteiger partial charge on any atom is -0.369 e. The van der Waals surface area contributed by atoms with Crippen molar-refractivity contribution >= 4 is 17.6 Å². The number of carbonyl (C=O) groups is 1. The van der Waals surface area contributed by atoms with Gasteiger partial charge in [-0.3, -0.25) is 4.79 Å². The minimum atomic E-state index is -0.279. The van der Waals surface area contributed by atoms with Gasteiger partial charge in [-0.05, 0) is 90.4 Å². The molecule has 1 aliphatic carbocycles. The highest BCUT2D eigenvalue weighted by Crippen LogP contribution is 2.31. The van der Waals surface area contributed by atoms with Gasteiger partial charge in [-0.25, -0.2) is 19.0 Å². The van der Waals surface area contributed by atoms with Crippen molar-refractivity contribution in [2.75, 3.05) is 18.0 Å². The van der Waals surface area contributed by atoms with Crippen molar-refractivity contribution in [2.24, 2.45) is 29.6 Å². The number of aromatic nitrogens is 4. The topological polar surface area (TPSA) is 129 Å². The van der Waals surface area contributed by atoms with E-state index in [2.05, 4.69) is 21.7 Å². The van der Waals surface area contributed by atoms with Gasteiger partial charge >= 0.3 is 0 Å². The van der Waals surface area contributed by atoms with Gasteiger partial charge in [-0.2, -0.15) is 5.26 Å². The summed E-state index contributed by atoms with van der Waals surface area (Å²) in [4.78, 5) is 21.8. The predicted octanol–water partition coefficient (Wildman–Crippen LogP) is 3.66. The molecule has 2 heterocycles. The van der Waals surface area contributed by atoms with Gasteiger partial charge in [0.1, 0.15) is 5.82 Å². The average Bonchev–Trinajstić information content (AvgIpc) is 3.41. The summed E-state index contributed by atoms with van der Waals surface area (Å²) in [5.74, 6) is 0.649. The number of hydrogen-bond acceptors (Lipinski definition) is 6. The molecule has 2 aliphatic rings. The van der Waals surface area contributed by atoms with Gasteiger partial charge in [0, 0.05) is 25.7 Å². The van der Waals surface area contributed by atoms with Crippen LogP contribution in [0.4, 0.5) is 10.1 Å². The van der Waals surface area contributed by atoms with Gasteiger partial charge in [0.25, 0.3) is 0 Å². The van der Waals surface area contributed by atoms with E-state index in [1.165, 1.54) is 17.0 Å². The second-order valence-corrected chi connectivity index (χ2v) is 10.7. The van der Waals surface area contributed by atoms with Crippen molar-refractivity contribution in [3.8, 4) is 17.6 Å². The fraction of sp³-hybridized carbons (Fsp3) is 0.448. The standard InChI is InChI=1S/C29H34FN9O/c1-37-27(34-35-36-37)22-10-14-24(15-11-22)39(19-31)29(32)33-26-7-3-2-6-25(26)28(40)38-16-4-5-21(18-38)17-20-8-12-23(30)13-9-20/h8-15,21,25-26H,2-7,16-18H2,1H3,(H2,32,33)/t21-,25+,26+/m0/s1. The van der Waals surface area contributed by atoms with E-state index in [1.807, 2.05) is 29.2 Å². The number of tetrazole rings is 1. The van der Waals surface area contributed by atoms with Gasteiger partial charge in [-0.15, -0.1) is 5.10 Å². The van der Waals surface area contributed by atoms with Crippen molar-refractivity contribution in [1.29, 1.82) is 5.26 Å². The lowest BCUT2D eigenvalue weighted by molar-refractivity contribution is -0.139.